The van der Waals surface area contributed by atoms with Crippen LogP contribution >= 0.6 is 0 Å². The number of hydrogen-bond acceptors (Lipinski definition) is 5. The van der Waals surface area contributed by atoms with Crippen molar-refractivity contribution in [3.05, 3.63) is 65.0 Å². The summed E-state index contributed by atoms with van der Waals surface area (Å²) in [6.07, 6.45) is 3.79. The zero-order chi connectivity index (χ0) is 22.7. The fraction of sp³-hybridized carbons (Fsp3) is 0.444. The minimum atomic E-state index is -0.0371. The van der Waals surface area contributed by atoms with Crippen molar-refractivity contribution in [2.24, 2.45) is 5.92 Å². The molecule has 1 heterocycles. The second kappa shape index (κ2) is 9.68. The summed E-state index contributed by atoms with van der Waals surface area (Å²) in [6.45, 7) is 8.54. The van der Waals surface area contributed by atoms with Gasteiger partial charge in [-0.1, -0.05) is 35.9 Å². The van der Waals surface area contributed by atoms with E-state index in [1.54, 1.807) is 0 Å². The Morgan fingerprint density at radius 3 is 2.59 bits per heavy atom. The molecule has 2 aromatic carbocycles. The lowest BCUT2D eigenvalue weighted by Crippen LogP contribution is -2.23. The fourth-order valence-electron chi connectivity index (χ4n) is 4.78. The van der Waals surface area contributed by atoms with Gasteiger partial charge in [-0.3, -0.25) is 4.79 Å². The normalized spacial score (nSPS) is 19.5. The molecule has 0 amide bonds. The average molecular weight is 432 g/mol. The number of rotatable bonds is 6. The van der Waals surface area contributed by atoms with Crippen LogP contribution in [0.15, 0.2) is 42.5 Å². The summed E-state index contributed by atoms with van der Waals surface area (Å²) in [5.74, 6) is 2.10. The van der Waals surface area contributed by atoms with E-state index in [4.69, 9.17) is 9.72 Å². The van der Waals surface area contributed by atoms with Crippen molar-refractivity contribution in [1.29, 1.82) is 0 Å². The number of nitrogens with zero attached hydrogens (tertiary/aromatic N) is 2. The summed E-state index contributed by atoms with van der Waals surface area (Å²) in [5, 5.41) is 4.68. The van der Waals surface area contributed by atoms with Crippen molar-refractivity contribution < 1.29 is 9.53 Å². The molecule has 1 aliphatic carbocycles. The van der Waals surface area contributed by atoms with Crippen LogP contribution in [0, 0.1) is 19.8 Å². The number of aromatic nitrogens is 2. The van der Waals surface area contributed by atoms with Gasteiger partial charge in [0.15, 0.2) is 0 Å². The number of aryl methyl sites for hydroxylation is 2. The van der Waals surface area contributed by atoms with Crippen LogP contribution in [-0.4, -0.2) is 22.5 Å². The minimum absolute atomic E-state index is 0.0371. The van der Waals surface area contributed by atoms with Crippen LogP contribution in [0.25, 0.3) is 10.9 Å². The lowest BCUT2D eigenvalue weighted by atomic mass is 9.78. The van der Waals surface area contributed by atoms with Gasteiger partial charge in [-0.05, 0) is 82.6 Å². The maximum Gasteiger partial charge on any atom is 0.308 e. The Labute approximate surface area is 190 Å². The molecule has 0 aliphatic heterocycles. The SMILES string of the molecule is CCOC(=O)C1CCC(c2ccc3nc(C)nc(N[C@H](C)c4cccc(C)c4)c3c2)CC1. The third kappa shape index (κ3) is 4.93. The lowest BCUT2D eigenvalue weighted by Gasteiger charge is -2.27. The average Bonchev–Trinajstić information content (AvgIpc) is 2.79. The van der Waals surface area contributed by atoms with Crippen LogP contribution in [-0.2, 0) is 9.53 Å². The molecule has 0 radical (unpaired) electrons. The molecule has 4 rings (SSSR count). The zero-order valence-electron chi connectivity index (χ0n) is 19.5. The lowest BCUT2D eigenvalue weighted by molar-refractivity contribution is -0.149. The van der Waals surface area contributed by atoms with Crippen molar-refractivity contribution in [3.8, 4) is 0 Å². The number of nitrogens with one attached hydrogen (secondary N) is 1. The third-order valence-electron chi connectivity index (χ3n) is 6.55. The van der Waals surface area contributed by atoms with Gasteiger partial charge in [0, 0.05) is 11.4 Å². The second-order valence-corrected chi connectivity index (χ2v) is 8.98. The molecule has 5 heteroatoms. The predicted octanol–water partition coefficient (Wildman–Crippen LogP) is 6.26. The Morgan fingerprint density at radius 2 is 1.88 bits per heavy atom. The van der Waals surface area contributed by atoms with Gasteiger partial charge in [0.25, 0.3) is 0 Å². The quantitative estimate of drug-likeness (QED) is 0.467. The first-order valence-corrected chi connectivity index (χ1v) is 11.7. The first-order valence-electron chi connectivity index (χ1n) is 11.7. The van der Waals surface area contributed by atoms with Crippen LogP contribution in [0.2, 0.25) is 0 Å². The molecule has 1 fully saturated rings. The topological polar surface area (TPSA) is 64.1 Å². The fourth-order valence-corrected chi connectivity index (χ4v) is 4.78. The van der Waals surface area contributed by atoms with Gasteiger partial charge in [-0.25, -0.2) is 9.97 Å². The van der Waals surface area contributed by atoms with Gasteiger partial charge in [0.2, 0.25) is 0 Å². The highest BCUT2D eigenvalue weighted by Crippen LogP contribution is 2.38. The maximum absolute atomic E-state index is 12.1. The first kappa shape index (κ1) is 22.3. The molecule has 32 heavy (non-hydrogen) atoms. The van der Waals surface area contributed by atoms with Gasteiger partial charge in [-0.15, -0.1) is 0 Å². The van der Waals surface area contributed by atoms with Gasteiger partial charge in [-0.2, -0.15) is 0 Å². The number of esters is 1. The summed E-state index contributed by atoms with van der Waals surface area (Å²) < 4.78 is 5.22. The van der Waals surface area contributed by atoms with Crippen molar-refractivity contribution in [3.63, 3.8) is 0 Å². The molecule has 0 spiro atoms. The number of carbonyl (C=O) groups excluding carboxylic acids is 1. The summed E-state index contributed by atoms with van der Waals surface area (Å²) >= 11 is 0. The van der Waals surface area contributed by atoms with Crippen molar-refractivity contribution in [2.75, 3.05) is 11.9 Å². The van der Waals surface area contributed by atoms with E-state index in [9.17, 15) is 4.79 Å². The molecule has 1 atom stereocenters. The molecule has 0 unspecified atom stereocenters. The van der Waals surface area contributed by atoms with Crippen molar-refractivity contribution in [2.45, 2.75) is 65.3 Å². The first-order chi connectivity index (χ1) is 15.4. The molecular weight excluding hydrogens is 398 g/mol. The molecule has 3 aromatic rings. The predicted molar refractivity (Wildman–Crippen MR) is 129 cm³/mol. The van der Waals surface area contributed by atoms with Gasteiger partial charge >= 0.3 is 5.97 Å². The molecule has 0 bridgehead atoms. The monoisotopic (exact) mass is 431 g/mol. The minimum Gasteiger partial charge on any atom is -0.466 e. The highest BCUT2D eigenvalue weighted by Gasteiger charge is 2.28. The van der Waals surface area contributed by atoms with Gasteiger partial charge < -0.3 is 10.1 Å². The summed E-state index contributed by atoms with van der Waals surface area (Å²) in [7, 11) is 0. The zero-order valence-corrected chi connectivity index (χ0v) is 19.5. The Balaban J connectivity index is 1.57. The Bertz CT molecular complexity index is 1100. The molecule has 5 nitrogen and oxygen atoms in total. The number of ether oxygens (including phenoxy) is 1. The van der Waals surface area contributed by atoms with E-state index in [2.05, 4.69) is 66.6 Å². The van der Waals surface area contributed by atoms with Crippen LogP contribution in [0.3, 0.4) is 0 Å². The van der Waals surface area contributed by atoms with Crippen molar-refractivity contribution >= 4 is 22.7 Å². The van der Waals surface area contributed by atoms with Gasteiger partial charge in [0.1, 0.15) is 11.6 Å². The number of fused-ring (bicyclic) bond motifs is 1. The van der Waals surface area contributed by atoms with Gasteiger partial charge in [0.05, 0.1) is 18.0 Å². The number of anilines is 1. The second-order valence-electron chi connectivity index (χ2n) is 8.98. The third-order valence-corrected chi connectivity index (χ3v) is 6.55. The molecule has 1 N–H and O–H groups in total. The Morgan fingerprint density at radius 1 is 1.09 bits per heavy atom. The highest BCUT2D eigenvalue weighted by molar-refractivity contribution is 5.90. The number of carbonyl (C=O) groups is 1. The molecule has 0 saturated heterocycles. The van der Waals surface area contributed by atoms with E-state index in [0.29, 0.717) is 12.5 Å². The summed E-state index contributed by atoms with van der Waals surface area (Å²) in [4.78, 5) is 21.5. The highest BCUT2D eigenvalue weighted by atomic mass is 16.5. The summed E-state index contributed by atoms with van der Waals surface area (Å²) in [5.41, 5.74) is 4.75. The largest absolute Gasteiger partial charge is 0.466 e. The van der Waals surface area contributed by atoms with Crippen LogP contribution in [0.4, 0.5) is 5.82 Å². The molecule has 1 saturated carbocycles. The molecule has 168 valence electrons. The molecule has 1 aromatic heterocycles. The number of hydrogen-bond donors (Lipinski definition) is 1. The van der Waals surface area contributed by atoms with Crippen LogP contribution in [0.1, 0.15) is 74.0 Å². The van der Waals surface area contributed by atoms with E-state index in [0.717, 1.165) is 48.2 Å². The van der Waals surface area contributed by atoms with E-state index in [1.165, 1.54) is 16.7 Å². The molecular formula is C27H33N3O2. The van der Waals surface area contributed by atoms with Crippen LogP contribution < -0.4 is 5.32 Å². The molecule has 1 aliphatic rings. The van der Waals surface area contributed by atoms with E-state index >= 15 is 0 Å². The van der Waals surface area contributed by atoms with E-state index in [1.807, 2.05) is 13.8 Å². The summed E-state index contributed by atoms with van der Waals surface area (Å²) in [6, 6.07) is 15.2. The van der Waals surface area contributed by atoms with Crippen LogP contribution in [0.5, 0.6) is 0 Å². The standard InChI is InChI=1S/C27H33N3O2/c1-5-32-27(31)21-11-9-20(10-12-21)23-13-14-25-24(16-23)26(30-19(4)29-25)28-18(3)22-8-6-7-17(2)15-22/h6-8,13-16,18,20-21H,5,9-12H2,1-4H3,(H,28,29,30)/t18-,20?,21?/m1/s1. The maximum atomic E-state index is 12.1. The Kier molecular flexibility index (Phi) is 6.73. The number of benzene rings is 2. The van der Waals surface area contributed by atoms with E-state index < -0.39 is 0 Å². The van der Waals surface area contributed by atoms with Crippen molar-refractivity contribution in [1.82, 2.24) is 9.97 Å². The smallest absolute Gasteiger partial charge is 0.308 e. The van der Waals surface area contributed by atoms with E-state index in [-0.39, 0.29) is 17.9 Å². The Hall–Kier alpha value is -2.95.